The van der Waals surface area contributed by atoms with E-state index in [1.54, 1.807) is 18.2 Å². The van der Waals surface area contributed by atoms with Crippen molar-refractivity contribution in [1.82, 2.24) is 4.90 Å². The van der Waals surface area contributed by atoms with E-state index < -0.39 is 24.2 Å². The third-order valence-electron chi connectivity index (χ3n) is 3.64. The van der Waals surface area contributed by atoms with Gasteiger partial charge in [0.1, 0.15) is 0 Å². The molecule has 0 bridgehead atoms. The van der Waals surface area contributed by atoms with Crippen LogP contribution in [0.1, 0.15) is 13.8 Å². The number of rotatable bonds is 6. The minimum absolute atomic E-state index is 0.407. The zero-order valence-corrected chi connectivity index (χ0v) is 11.1. The first kappa shape index (κ1) is 15.2. The molecule has 3 atom stereocenters. The molecule has 0 aliphatic heterocycles. The van der Waals surface area contributed by atoms with Crippen molar-refractivity contribution >= 4 is 0 Å². The molecule has 0 aromatic heterocycles. The molecule has 5 nitrogen and oxygen atoms in total. The molecule has 3 unspecified atom stereocenters. The van der Waals surface area contributed by atoms with Crippen molar-refractivity contribution < 1.29 is 15.3 Å². The highest BCUT2D eigenvalue weighted by atomic mass is 16.3. The maximum atomic E-state index is 10.2. The normalized spacial score (nSPS) is 29.4. The van der Waals surface area contributed by atoms with Gasteiger partial charge in [-0.15, -0.1) is 0 Å². The molecule has 5 heteroatoms. The summed E-state index contributed by atoms with van der Waals surface area (Å²) < 4.78 is 0. The molecule has 0 saturated carbocycles. The quantitative estimate of drug-likeness (QED) is 0.511. The number of allylic oxidation sites excluding steroid dienone is 1. The van der Waals surface area contributed by atoms with Gasteiger partial charge in [-0.1, -0.05) is 19.9 Å². The highest BCUT2D eigenvalue weighted by molar-refractivity contribution is 5.29. The van der Waals surface area contributed by atoms with Crippen molar-refractivity contribution in [2.75, 3.05) is 26.2 Å². The second-order valence-electron chi connectivity index (χ2n) is 4.72. The largest absolute Gasteiger partial charge is 0.399 e. The van der Waals surface area contributed by atoms with Crippen molar-refractivity contribution in [3.05, 3.63) is 23.9 Å². The van der Waals surface area contributed by atoms with E-state index in [4.69, 9.17) is 5.73 Å². The Hall–Kier alpha value is -0.880. The molecule has 0 heterocycles. The predicted molar refractivity (Wildman–Crippen MR) is 70.7 cm³/mol. The van der Waals surface area contributed by atoms with Crippen LogP contribution in [-0.2, 0) is 0 Å². The van der Waals surface area contributed by atoms with E-state index in [9.17, 15) is 15.3 Å². The van der Waals surface area contributed by atoms with E-state index in [-0.39, 0.29) is 0 Å². The third kappa shape index (κ3) is 2.92. The Balaban J connectivity index is 3.06. The lowest BCUT2D eigenvalue weighted by molar-refractivity contribution is -0.0606. The number of nitrogens with zero attached hydrogens (tertiary/aromatic N) is 1. The Kier molecular flexibility index (Phi) is 5.34. The molecule has 0 aromatic rings. The van der Waals surface area contributed by atoms with Gasteiger partial charge in [-0.3, -0.25) is 0 Å². The summed E-state index contributed by atoms with van der Waals surface area (Å²) in [6.45, 7) is 5.69. The number of hydrogen-bond acceptors (Lipinski definition) is 5. The molecule has 0 spiro atoms. The number of nitrogens with two attached hydrogens (primary N) is 1. The Bertz CT molecular complexity index is 326. The molecule has 0 fully saturated rings. The molecular weight excluding hydrogens is 232 g/mol. The molecule has 1 aliphatic rings. The third-order valence-corrected chi connectivity index (χ3v) is 3.64. The summed E-state index contributed by atoms with van der Waals surface area (Å²) in [5, 5.41) is 29.5. The van der Waals surface area contributed by atoms with Gasteiger partial charge in [0.15, 0.2) is 0 Å². The van der Waals surface area contributed by atoms with Crippen LogP contribution < -0.4 is 5.73 Å². The lowest BCUT2D eigenvalue weighted by Gasteiger charge is -2.42. The fourth-order valence-corrected chi connectivity index (χ4v) is 2.37. The van der Waals surface area contributed by atoms with E-state index in [0.29, 0.717) is 12.2 Å². The van der Waals surface area contributed by atoms with Gasteiger partial charge < -0.3 is 26.0 Å². The Morgan fingerprint density at radius 1 is 1.44 bits per heavy atom. The van der Waals surface area contributed by atoms with E-state index in [0.717, 1.165) is 13.1 Å². The van der Waals surface area contributed by atoms with Crippen LogP contribution in [0.5, 0.6) is 0 Å². The topological polar surface area (TPSA) is 90.0 Å². The highest BCUT2D eigenvalue weighted by Gasteiger charge is 2.43. The van der Waals surface area contributed by atoms with Crippen LogP contribution in [-0.4, -0.2) is 58.7 Å². The average Bonchev–Trinajstić information content (AvgIpc) is 2.38. The molecule has 1 rings (SSSR count). The summed E-state index contributed by atoms with van der Waals surface area (Å²) >= 11 is 0. The zero-order chi connectivity index (χ0) is 13.8. The Morgan fingerprint density at radius 3 is 2.56 bits per heavy atom. The molecule has 0 saturated heterocycles. The van der Waals surface area contributed by atoms with E-state index in [2.05, 4.69) is 4.90 Å². The second kappa shape index (κ2) is 6.33. The van der Waals surface area contributed by atoms with Crippen molar-refractivity contribution in [3.8, 4) is 0 Å². The first-order valence-corrected chi connectivity index (χ1v) is 6.36. The number of aliphatic hydroxyl groups is 3. The molecule has 0 radical (unpaired) electrons. The molecule has 104 valence electrons. The molecule has 18 heavy (non-hydrogen) atoms. The lowest BCUT2D eigenvalue weighted by atomic mass is 9.73. The van der Waals surface area contributed by atoms with Gasteiger partial charge in [0.2, 0.25) is 0 Å². The van der Waals surface area contributed by atoms with Crippen LogP contribution in [0.2, 0.25) is 0 Å². The summed E-state index contributed by atoms with van der Waals surface area (Å²) in [5.41, 5.74) is 5.33. The van der Waals surface area contributed by atoms with Crippen molar-refractivity contribution in [1.29, 1.82) is 0 Å². The molecular formula is C13H24N2O3. The van der Waals surface area contributed by atoms with Gasteiger partial charge in [-0.05, 0) is 25.2 Å². The first-order valence-electron chi connectivity index (χ1n) is 6.36. The average molecular weight is 256 g/mol. The van der Waals surface area contributed by atoms with Gasteiger partial charge in [0.05, 0.1) is 24.2 Å². The number of hydrogen-bond donors (Lipinski definition) is 4. The lowest BCUT2D eigenvalue weighted by Crippen LogP contribution is -2.53. The van der Waals surface area contributed by atoms with Gasteiger partial charge >= 0.3 is 0 Å². The molecule has 0 aromatic carbocycles. The van der Waals surface area contributed by atoms with Gasteiger partial charge in [-0.25, -0.2) is 0 Å². The Morgan fingerprint density at radius 2 is 2.06 bits per heavy atom. The van der Waals surface area contributed by atoms with E-state index in [1.807, 2.05) is 13.8 Å². The van der Waals surface area contributed by atoms with E-state index >= 15 is 0 Å². The summed E-state index contributed by atoms with van der Waals surface area (Å²) in [4.78, 5) is 2.09. The fraction of sp³-hybridized carbons (Fsp3) is 0.692. The maximum Gasteiger partial charge on any atom is 0.0902 e. The van der Waals surface area contributed by atoms with Crippen LogP contribution in [0.3, 0.4) is 0 Å². The summed E-state index contributed by atoms with van der Waals surface area (Å²) in [5.74, 6) is 0. The SMILES string of the molecule is CCN(CC)CC1(C(O)CO)C=C(N)C=CC1O. The predicted octanol–water partition coefficient (Wildman–Crippen LogP) is -0.559. The van der Waals surface area contributed by atoms with Crippen LogP contribution >= 0.6 is 0 Å². The zero-order valence-electron chi connectivity index (χ0n) is 11.1. The van der Waals surface area contributed by atoms with Crippen LogP contribution in [0.25, 0.3) is 0 Å². The summed E-state index contributed by atoms with van der Waals surface area (Å²) in [6, 6.07) is 0. The van der Waals surface area contributed by atoms with Gasteiger partial charge in [0, 0.05) is 12.2 Å². The fourth-order valence-electron chi connectivity index (χ4n) is 2.37. The Labute approximate surface area is 108 Å². The standard InChI is InChI=1S/C13H24N2O3/c1-3-15(4-2)9-13(12(18)8-16)7-10(14)5-6-11(13)17/h5-7,11-12,16-18H,3-4,8-9,14H2,1-2H3. The van der Waals surface area contributed by atoms with Crippen LogP contribution in [0.15, 0.2) is 23.9 Å². The van der Waals surface area contributed by atoms with Crippen molar-refractivity contribution in [2.24, 2.45) is 11.1 Å². The maximum absolute atomic E-state index is 10.2. The smallest absolute Gasteiger partial charge is 0.0902 e. The minimum atomic E-state index is -1.04. The molecule has 5 N–H and O–H groups in total. The van der Waals surface area contributed by atoms with E-state index in [1.165, 1.54) is 0 Å². The van der Waals surface area contributed by atoms with Crippen molar-refractivity contribution in [3.63, 3.8) is 0 Å². The van der Waals surface area contributed by atoms with Gasteiger partial charge in [-0.2, -0.15) is 0 Å². The number of aliphatic hydroxyl groups excluding tert-OH is 3. The molecule has 1 aliphatic carbocycles. The highest BCUT2D eigenvalue weighted by Crippen LogP contribution is 2.34. The summed E-state index contributed by atoms with van der Waals surface area (Å²) in [6.07, 6.45) is 2.95. The van der Waals surface area contributed by atoms with Gasteiger partial charge in [0.25, 0.3) is 0 Å². The van der Waals surface area contributed by atoms with Crippen LogP contribution in [0.4, 0.5) is 0 Å². The van der Waals surface area contributed by atoms with Crippen LogP contribution in [0, 0.1) is 5.41 Å². The molecule has 0 amide bonds. The second-order valence-corrected chi connectivity index (χ2v) is 4.72. The monoisotopic (exact) mass is 256 g/mol. The minimum Gasteiger partial charge on any atom is -0.399 e. The first-order chi connectivity index (χ1) is 8.50. The van der Waals surface area contributed by atoms with Crippen molar-refractivity contribution in [2.45, 2.75) is 26.1 Å². The summed E-state index contributed by atoms with van der Waals surface area (Å²) in [7, 11) is 0.